The zero-order valence-corrected chi connectivity index (χ0v) is 16.0. The van der Waals surface area contributed by atoms with Crippen molar-refractivity contribution in [3.05, 3.63) is 11.3 Å². The van der Waals surface area contributed by atoms with Crippen LogP contribution in [0.3, 0.4) is 0 Å². The van der Waals surface area contributed by atoms with Crippen molar-refractivity contribution in [1.29, 1.82) is 0 Å². The molecule has 2 atom stereocenters. The molecule has 2 unspecified atom stereocenters. The fourth-order valence-electron chi connectivity index (χ4n) is 2.40. The monoisotopic (exact) mass is 327 g/mol. The van der Waals surface area contributed by atoms with E-state index in [0.717, 1.165) is 41.5 Å². The van der Waals surface area contributed by atoms with Gasteiger partial charge in [0.05, 0.1) is 0 Å². The van der Waals surface area contributed by atoms with Crippen molar-refractivity contribution in [3.63, 3.8) is 0 Å². The molecule has 5 heteroatoms. The fourth-order valence-corrected chi connectivity index (χ4v) is 2.81. The van der Waals surface area contributed by atoms with E-state index in [1.54, 1.807) is 11.8 Å². The molecule has 0 radical (unpaired) electrons. The van der Waals surface area contributed by atoms with E-state index >= 15 is 0 Å². The number of aliphatic hydroxyl groups is 1. The maximum atomic E-state index is 9.17. The molecule has 1 aromatic heterocycles. The number of nitrogens with zero attached hydrogens (tertiary/aromatic N) is 2. The lowest BCUT2D eigenvalue weighted by Crippen LogP contribution is -2.18. The lowest BCUT2D eigenvalue weighted by molar-refractivity contribution is 0.229. The summed E-state index contributed by atoms with van der Waals surface area (Å²) in [6.07, 6.45) is 5.24. The Labute approximate surface area is 140 Å². The quantitative estimate of drug-likeness (QED) is 0.632. The first-order valence-electron chi connectivity index (χ1n) is 8.40. The summed E-state index contributed by atoms with van der Waals surface area (Å²) < 4.78 is 0. The van der Waals surface area contributed by atoms with Crippen molar-refractivity contribution in [3.8, 4) is 0 Å². The zero-order chi connectivity index (χ0) is 17.1. The molecule has 0 aliphatic heterocycles. The summed E-state index contributed by atoms with van der Waals surface area (Å²) in [5, 5.41) is 13.5. The van der Waals surface area contributed by atoms with Crippen LogP contribution in [0.1, 0.15) is 58.2 Å². The highest BCUT2D eigenvalue weighted by molar-refractivity contribution is 7.98. The molecule has 1 saturated carbocycles. The topological polar surface area (TPSA) is 58.0 Å². The Kier molecular flexibility index (Phi) is 11.3. The van der Waals surface area contributed by atoms with E-state index in [9.17, 15) is 5.11 Å². The minimum Gasteiger partial charge on any atom is -0.396 e. The third-order valence-electron chi connectivity index (χ3n) is 3.69. The summed E-state index contributed by atoms with van der Waals surface area (Å²) in [6, 6.07) is 0.435. The van der Waals surface area contributed by atoms with Crippen molar-refractivity contribution in [2.24, 2.45) is 5.92 Å². The molecule has 0 amide bonds. The van der Waals surface area contributed by atoms with Crippen molar-refractivity contribution < 1.29 is 5.11 Å². The van der Waals surface area contributed by atoms with Gasteiger partial charge in [0.25, 0.3) is 0 Å². The third kappa shape index (κ3) is 6.13. The van der Waals surface area contributed by atoms with Crippen molar-refractivity contribution in [1.82, 2.24) is 9.97 Å². The molecule has 0 aromatic carbocycles. The van der Waals surface area contributed by atoms with E-state index in [-0.39, 0.29) is 0 Å². The standard InChI is InChI=1S/C13H21N3OS.2C2H6/c1-8-9(2)14-13(18-3)16-12(8)15-11-5-4-10(6-11)7-17;2*1-2/h10-11,17H,4-7H2,1-3H3,(H,14,15,16);2*1-2H3. The molecule has 1 heterocycles. The molecule has 0 saturated heterocycles. The lowest BCUT2D eigenvalue weighted by Gasteiger charge is -2.16. The first-order valence-corrected chi connectivity index (χ1v) is 9.63. The fraction of sp³-hybridized carbons (Fsp3) is 0.765. The van der Waals surface area contributed by atoms with Gasteiger partial charge in [0.15, 0.2) is 5.16 Å². The lowest BCUT2D eigenvalue weighted by atomic mass is 10.1. The number of hydrogen-bond acceptors (Lipinski definition) is 5. The minimum atomic E-state index is 0.302. The Bertz CT molecular complexity index is 427. The summed E-state index contributed by atoms with van der Waals surface area (Å²) in [5.74, 6) is 1.40. The molecule has 128 valence electrons. The van der Waals surface area contributed by atoms with Crippen LogP contribution in [-0.2, 0) is 0 Å². The SMILES string of the molecule is CC.CC.CSc1nc(C)c(C)c(NC2CCC(CO)C2)n1. The highest BCUT2D eigenvalue weighted by atomic mass is 32.2. The van der Waals surface area contributed by atoms with E-state index in [1.807, 2.05) is 40.9 Å². The van der Waals surface area contributed by atoms with Crippen LogP contribution in [0.15, 0.2) is 5.16 Å². The van der Waals surface area contributed by atoms with Gasteiger partial charge in [-0.3, -0.25) is 0 Å². The molecule has 2 N–H and O–H groups in total. The number of aromatic nitrogens is 2. The third-order valence-corrected chi connectivity index (χ3v) is 4.24. The normalized spacial score (nSPS) is 19.6. The Morgan fingerprint density at radius 1 is 1.14 bits per heavy atom. The van der Waals surface area contributed by atoms with Gasteiger partial charge in [-0.1, -0.05) is 39.5 Å². The van der Waals surface area contributed by atoms with Gasteiger partial charge in [0.1, 0.15) is 5.82 Å². The molecule has 1 aliphatic rings. The van der Waals surface area contributed by atoms with E-state index in [4.69, 9.17) is 0 Å². The second-order valence-corrected chi connectivity index (χ2v) is 5.75. The summed E-state index contributed by atoms with van der Waals surface area (Å²) in [5.41, 5.74) is 2.16. The van der Waals surface area contributed by atoms with E-state index in [0.29, 0.717) is 18.6 Å². The van der Waals surface area contributed by atoms with Crippen LogP contribution in [0.25, 0.3) is 0 Å². The Hall–Kier alpha value is -0.810. The van der Waals surface area contributed by atoms with Crippen molar-refractivity contribution >= 4 is 17.6 Å². The van der Waals surface area contributed by atoms with Crippen LogP contribution >= 0.6 is 11.8 Å². The molecule has 1 aliphatic carbocycles. The summed E-state index contributed by atoms with van der Waals surface area (Å²) >= 11 is 1.57. The molecule has 0 bridgehead atoms. The first-order chi connectivity index (χ1) is 10.6. The molecule has 2 rings (SSSR count). The van der Waals surface area contributed by atoms with Gasteiger partial charge in [-0.25, -0.2) is 9.97 Å². The number of aliphatic hydroxyl groups excluding tert-OH is 1. The summed E-state index contributed by atoms with van der Waals surface area (Å²) in [7, 11) is 0. The average molecular weight is 328 g/mol. The molecule has 22 heavy (non-hydrogen) atoms. The van der Waals surface area contributed by atoms with Gasteiger partial charge in [-0.05, 0) is 45.3 Å². The second-order valence-electron chi connectivity index (χ2n) is 4.97. The number of aryl methyl sites for hydroxylation is 1. The molecule has 4 nitrogen and oxygen atoms in total. The summed E-state index contributed by atoms with van der Waals surface area (Å²) in [6.45, 7) is 12.4. The highest BCUT2D eigenvalue weighted by Crippen LogP contribution is 2.29. The molecular formula is C17H33N3OS. The summed E-state index contributed by atoms with van der Waals surface area (Å²) in [4.78, 5) is 8.97. The Morgan fingerprint density at radius 3 is 2.27 bits per heavy atom. The van der Waals surface area contributed by atoms with E-state index in [1.165, 1.54) is 0 Å². The van der Waals surface area contributed by atoms with Crippen LogP contribution in [0.4, 0.5) is 5.82 Å². The van der Waals surface area contributed by atoms with E-state index in [2.05, 4.69) is 22.2 Å². The number of nitrogens with one attached hydrogen (secondary N) is 1. The minimum absolute atomic E-state index is 0.302. The predicted octanol–water partition coefficient (Wildman–Crippen LogP) is 4.44. The first kappa shape index (κ1) is 21.2. The number of hydrogen-bond donors (Lipinski definition) is 2. The number of rotatable bonds is 4. The van der Waals surface area contributed by atoms with Gasteiger partial charge >= 0.3 is 0 Å². The Morgan fingerprint density at radius 2 is 1.77 bits per heavy atom. The predicted molar refractivity (Wildman–Crippen MR) is 97.8 cm³/mol. The van der Waals surface area contributed by atoms with Gasteiger partial charge < -0.3 is 10.4 Å². The van der Waals surface area contributed by atoms with Gasteiger partial charge in [0, 0.05) is 23.9 Å². The van der Waals surface area contributed by atoms with Crippen molar-refractivity contribution in [2.75, 3.05) is 18.2 Å². The number of anilines is 1. The van der Waals surface area contributed by atoms with Crippen LogP contribution in [0.2, 0.25) is 0 Å². The van der Waals surface area contributed by atoms with Gasteiger partial charge in [-0.2, -0.15) is 0 Å². The Balaban J connectivity index is 0.00000102. The van der Waals surface area contributed by atoms with Crippen LogP contribution in [0, 0.1) is 19.8 Å². The van der Waals surface area contributed by atoms with Gasteiger partial charge in [-0.15, -0.1) is 0 Å². The maximum absolute atomic E-state index is 9.17. The second kappa shape index (κ2) is 11.7. The number of thioether (sulfide) groups is 1. The average Bonchev–Trinajstić information content (AvgIpc) is 3.03. The molecule has 1 aromatic rings. The van der Waals surface area contributed by atoms with Crippen molar-refractivity contribution in [2.45, 2.75) is 72.0 Å². The maximum Gasteiger partial charge on any atom is 0.189 e. The van der Waals surface area contributed by atoms with Crippen LogP contribution in [0.5, 0.6) is 0 Å². The molecule has 0 spiro atoms. The molecular weight excluding hydrogens is 294 g/mol. The van der Waals surface area contributed by atoms with E-state index < -0.39 is 0 Å². The van der Waals surface area contributed by atoms with Crippen LogP contribution in [-0.4, -0.2) is 34.0 Å². The van der Waals surface area contributed by atoms with Crippen LogP contribution < -0.4 is 5.32 Å². The largest absolute Gasteiger partial charge is 0.396 e. The smallest absolute Gasteiger partial charge is 0.189 e. The highest BCUT2D eigenvalue weighted by Gasteiger charge is 2.24. The van der Waals surface area contributed by atoms with Gasteiger partial charge in [0.2, 0.25) is 0 Å². The zero-order valence-electron chi connectivity index (χ0n) is 15.2. The molecule has 1 fully saturated rings.